The molecule has 5 nitrogen and oxygen atoms in total. The zero-order chi connectivity index (χ0) is 23.9. The van der Waals surface area contributed by atoms with Gasteiger partial charge in [0.05, 0.1) is 25.2 Å². The third-order valence-electron chi connectivity index (χ3n) is 7.59. The number of carbonyl (C=O) groups is 1. The Hall–Kier alpha value is -3.31. The van der Waals surface area contributed by atoms with Crippen LogP contribution in [0, 0.1) is 12.8 Å². The molecule has 0 radical (unpaired) electrons. The van der Waals surface area contributed by atoms with E-state index >= 15 is 0 Å². The van der Waals surface area contributed by atoms with Crippen molar-refractivity contribution < 1.29 is 9.53 Å². The molecule has 1 aliphatic carbocycles. The fraction of sp³-hybridized carbons (Fsp3) is 0.367. The quantitative estimate of drug-likeness (QED) is 0.446. The van der Waals surface area contributed by atoms with Gasteiger partial charge in [0.15, 0.2) is 0 Å². The molecular formula is C30H33N3O2. The van der Waals surface area contributed by atoms with Crippen LogP contribution in [0.4, 0.5) is 11.4 Å². The Morgan fingerprint density at radius 2 is 1.54 bits per heavy atom. The van der Waals surface area contributed by atoms with Crippen molar-refractivity contribution in [3.8, 4) is 16.9 Å². The topological polar surface area (TPSA) is 36.0 Å². The number of aryl methyl sites for hydroxylation is 1. The van der Waals surface area contributed by atoms with Crippen LogP contribution in [0.1, 0.15) is 43.0 Å². The van der Waals surface area contributed by atoms with Crippen molar-refractivity contribution in [2.75, 3.05) is 36.7 Å². The molecule has 0 spiro atoms. The fourth-order valence-electron chi connectivity index (χ4n) is 5.49. The van der Waals surface area contributed by atoms with Gasteiger partial charge in [0, 0.05) is 5.92 Å². The number of likely N-dealkylation sites (tertiary alicyclic amines) is 1. The maximum Gasteiger partial charge on any atom is 0.232 e. The van der Waals surface area contributed by atoms with Gasteiger partial charge in [-0.1, -0.05) is 42.5 Å². The smallest absolute Gasteiger partial charge is 0.232 e. The van der Waals surface area contributed by atoms with Gasteiger partial charge in [-0.05, 0) is 92.2 Å². The number of carbonyl (C=O) groups excluding carboxylic acids is 1. The lowest BCUT2D eigenvalue weighted by molar-refractivity contribution is -0.120. The van der Waals surface area contributed by atoms with Crippen LogP contribution in [-0.4, -0.2) is 37.7 Å². The molecule has 3 aromatic rings. The van der Waals surface area contributed by atoms with E-state index in [0.717, 1.165) is 60.7 Å². The maximum atomic E-state index is 13.7. The van der Waals surface area contributed by atoms with Crippen LogP contribution < -0.4 is 14.5 Å². The molecule has 2 heterocycles. The van der Waals surface area contributed by atoms with Gasteiger partial charge in [-0.2, -0.15) is 0 Å². The van der Waals surface area contributed by atoms with Crippen molar-refractivity contribution >= 4 is 17.3 Å². The van der Waals surface area contributed by atoms with Gasteiger partial charge >= 0.3 is 0 Å². The van der Waals surface area contributed by atoms with E-state index in [1.165, 1.54) is 24.1 Å². The third-order valence-corrected chi connectivity index (χ3v) is 7.59. The molecule has 0 aromatic heterocycles. The summed E-state index contributed by atoms with van der Waals surface area (Å²) in [7, 11) is 1.69. The number of rotatable bonds is 6. The summed E-state index contributed by atoms with van der Waals surface area (Å²) in [6.45, 7) is 5.20. The Labute approximate surface area is 207 Å². The largest absolute Gasteiger partial charge is 0.497 e. The Bertz CT molecular complexity index is 1210. The second kappa shape index (κ2) is 9.04. The lowest BCUT2D eigenvalue weighted by Gasteiger charge is -2.35. The van der Waals surface area contributed by atoms with Crippen molar-refractivity contribution in [2.45, 2.75) is 38.8 Å². The molecule has 180 valence electrons. The van der Waals surface area contributed by atoms with Gasteiger partial charge in [0.2, 0.25) is 5.91 Å². The van der Waals surface area contributed by atoms with E-state index in [2.05, 4.69) is 76.2 Å². The van der Waals surface area contributed by atoms with E-state index in [9.17, 15) is 4.79 Å². The van der Waals surface area contributed by atoms with Crippen LogP contribution in [0.25, 0.3) is 11.1 Å². The highest BCUT2D eigenvalue weighted by Crippen LogP contribution is 2.49. The zero-order valence-electron chi connectivity index (χ0n) is 20.6. The standard InChI is InChI=1S/C30H33N3O2/c1-21-5-16-27-28(19-21)33(30(34)25-10-11-25)29(32(27)20-31-17-3-4-18-31)24-8-6-22(7-9-24)23-12-14-26(35-2)15-13-23/h5-9,12-16,19,25,29H,3-4,10-11,17-18,20H2,1-2H3. The SMILES string of the molecule is COc1ccc(-c2ccc(C3N(CN4CCCC4)c4ccc(C)cc4N3C(=O)C3CC3)cc2)cc1. The van der Waals surface area contributed by atoms with E-state index in [1.54, 1.807) is 7.11 Å². The summed E-state index contributed by atoms with van der Waals surface area (Å²) in [5, 5.41) is 0. The molecule has 5 heteroatoms. The van der Waals surface area contributed by atoms with Gasteiger partial charge < -0.3 is 9.64 Å². The number of methoxy groups -OCH3 is 1. The second-order valence-corrected chi connectivity index (χ2v) is 10.1. The number of ether oxygens (including phenoxy) is 1. The minimum Gasteiger partial charge on any atom is -0.497 e. The van der Waals surface area contributed by atoms with Gasteiger partial charge in [-0.3, -0.25) is 14.6 Å². The fourth-order valence-corrected chi connectivity index (χ4v) is 5.49. The van der Waals surface area contributed by atoms with Crippen molar-refractivity contribution in [3.63, 3.8) is 0 Å². The first-order valence-electron chi connectivity index (χ1n) is 12.8. The molecule has 1 atom stereocenters. The van der Waals surface area contributed by atoms with Gasteiger partial charge in [0.1, 0.15) is 11.9 Å². The Morgan fingerprint density at radius 3 is 2.17 bits per heavy atom. The van der Waals surface area contributed by atoms with Crippen LogP contribution in [0.5, 0.6) is 5.75 Å². The maximum absolute atomic E-state index is 13.7. The van der Waals surface area contributed by atoms with Crippen LogP contribution in [0.15, 0.2) is 66.7 Å². The first-order valence-corrected chi connectivity index (χ1v) is 12.8. The number of hydrogen-bond donors (Lipinski definition) is 0. The van der Waals surface area contributed by atoms with E-state index in [4.69, 9.17) is 4.74 Å². The molecule has 0 N–H and O–H groups in total. The number of fused-ring (bicyclic) bond motifs is 1. The molecule has 1 unspecified atom stereocenters. The summed E-state index contributed by atoms with van der Waals surface area (Å²) in [6, 6.07) is 23.5. The molecule has 3 aliphatic rings. The Balaban J connectivity index is 1.39. The monoisotopic (exact) mass is 467 g/mol. The number of nitrogens with zero attached hydrogens (tertiary/aromatic N) is 3. The van der Waals surface area contributed by atoms with E-state index in [0.29, 0.717) is 0 Å². The molecule has 1 amide bonds. The minimum absolute atomic E-state index is 0.120. The van der Waals surface area contributed by atoms with Crippen molar-refractivity contribution in [1.82, 2.24) is 4.90 Å². The molecule has 1 saturated carbocycles. The lowest BCUT2D eigenvalue weighted by atomic mass is 10.0. The molecule has 2 aliphatic heterocycles. The molecule has 2 fully saturated rings. The van der Waals surface area contributed by atoms with Gasteiger partial charge in [0.25, 0.3) is 0 Å². The third kappa shape index (κ3) is 4.19. The summed E-state index contributed by atoms with van der Waals surface area (Å²) in [5.74, 6) is 1.29. The van der Waals surface area contributed by atoms with E-state index in [-0.39, 0.29) is 18.0 Å². The minimum atomic E-state index is -0.120. The van der Waals surface area contributed by atoms with Gasteiger partial charge in [-0.15, -0.1) is 0 Å². The average molecular weight is 468 g/mol. The number of anilines is 2. The average Bonchev–Trinajstić information content (AvgIpc) is 3.53. The highest BCUT2D eigenvalue weighted by molar-refractivity contribution is 6.03. The van der Waals surface area contributed by atoms with Crippen molar-refractivity contribution in [2.24, 2.45) is 5.92 Å². The summed E-state index contributed by atoms with van der Waals surface area (Å²) in [6.07, 6.45) is 4.39. The lowest BCUT2D eigenvalue weighted by Crippen LogP contribution is -2.44. The Kier molecular flexibility index (Phi) is 5.73. The number of hydrogen-bond acceptors (Lipinski definition) is 4. The first-order chi connectivity index (χ1) is 17.1. The first kappa shape index (κ1) is 22.2. The van der Waals surface area contributed by atoms with Gasteiger partial charge in [-0.25, -0.2) is 0 Å². The van der Waals surface area contributed by atoms with Crippen LogP contribution >= 0.6 is 0 Å². The zero-order valence-corrected chi connectivity index (χ0v) is 20.6. The molecule has 35 heavy (non-hydrogen) atoms. The highest BCUT2D eigenvalue weighted by atomic mass is 16.5. The number of benzene rings is 3. The molecule has 1 saturated heterocycles. The summed E-state index contributed by atoms with van der Waals surface area (Å²) in [4.78, 5) is 20.7. The predicted octanol–water partition coefficient (Wildman–Crippen LogP) is 5.99. The predicted molar refractivity (Wildman–Crippen MR) is 141 cm³/mol. The highest BCUT2D eigenvalue weighted by Gasteiger charge is 2.45. The summed E-state index contributed by atoms with van der Waals surface area (Å²) in [5.41, 5.74) is 6.89. The normalized spacial score (nSPS) is 19.8. The van der Waals surface area contributed by atoms with Crippen molar-refractivity contribution in [1.29, 1.82) is 0 Å². The summed E-state index contributed by atoms with van der Waals surface area (Å²) < 4.78 is 5.31. The molecular weight excluding hydrogens is 434 g/mol. The molecule has 0 bridgehead atoms. The van der Waals surface area contributed by atoms with E-state index in [1.807, 2.05) is 12.1 Å². The van der Waals surface area contributed by atoms with E-state index < -0.39 is 0 Å². The molecule has 6 rings (SSSR count). The van der Waals surface area contributed by atoms with Crippen LogP contribution in [-0.2, 0) is 4.79 Å². The summed E-state index contributed by atoms with van der Waals surface area (Å²) >= 11 is 0. The second-order valence-electron chi connectivity index (χ2n) is 10.1. The number of amides is 1. The molecule has 3 aromatic carbocycles. The van der Waals surface area contributed by atoms with Crippen LogP contribution in [0.2, 0.25) is 0 Å². The Morgan fingerprint density at radius 1 is 0.886 bits per heavy atom. The van der Waals surface area contributed by atoms with Crippen LogP contribution in [0.3, 0.4) is 0 Å². The van der Waals surface area contributed by atoms with Crippen molar-refractivity contribution in [3.05, 3.63) is 77.9 Å².